The summed E-state index contributed by atoms with van der Waals surface area (Å²) in [7, 11) is 1.50. The first-order valence-corrected chi connectivity index (χ1v) is 13.2. The minimum atomic E-state index is -0.744. The third-order valence-electron chi connectivity index (χ3n) is 7.17. The van der Waals surface area contributed by atoms with Crippen molar-refractivity contribution in [1.29, 1.82) is 5.26 Å². The smallest absolute Gasteiger partial charge is 0.411 e. The molecule has 12 nitrogen and oxygen atoms in total. The van der Waals surface area contributed by atoms with Crippen LogP contribution in [-0.4, -0.2) is 72.7 Å². The maximum Gasteiger partial charge on any atom is 0.411 e. The van der Waals surface area contributed by atoms with Crippen LogP contribution in [0.4, 0.5) is 4.79 Å². The highest BCUT2D eigenvalue weighted by Gasteiger charge is 2.52. The van der Waals surface area contributed by atoms with Crippen LogP contribution >= 0.6 is 0 Å². The first-order valence-electron chi connectivity index (χ1n) is 13.2. The SMILES string of the molecule is COc1ncc(-c2cn(-c3ccc(C[C@@H](C#N)NC(=O)[C@@H]4[C@H]5CC[C@H](C5)N4C(=O)OC(C)(C)C)cc3)nn2)cn1. The van der Waals surface area contributed by atoms with Gasteiger partial charge in [-0.2, -0.15) is 5.26 Å². The summed E-state index contributed by atoms with van der Waals surface area (Å²) < 4.78 is 12.2. The summed E-state index contributed by atoms with van der Waals surface area (Å²) in [6.07, 6.45) is 7.38. The average Bonchev–Trinajstić information content (AvgIpc) is 3.69. The van der Waals surface area contributed by atoms with Crippen molar-refractivity contribution in [3.05, 3.63) is 48.4 Å². The van der Waals surface area contributed by atoms with Crippen LogP contribution in [0.1, 0.15) is 45.6 Å². The van der Waals surface area contributed by atoms with Crippen LogP contribution in [0.3, 0.4) is 0 Å². The van der Waals surface area contributed by atoms with E-state index < -0.39 is 23.8 Å². The highest BCUT2D eigenvalue weighted by molar-refractivity contribution is 5.87. The highest BCUT2D eigenvalue weighted by atomic mass is 16.6. The molecule has 2 aromatic heterocycles. The number of carbonyl (C=O) groups is 2. The molecule has 1 aliphatic heterocycles. The molecule has 4 atom stereocenters. The van der Waals surface area contributed by atoms with Gasteiger partial charge in [0, 0.05) is 30.4 Å². The highest BCUT2D eigenvalue weighted by Crippen LogP contribution is 2.43. The Bertz CT molecular complexity index is 1410. The zero-order valence-electron chi connectivity index (χ0n) is 22.9. The number of fused-ring (bicyclic) bond motifs is 2. The van der Waals surface area contributed by atoms with Crippen molar-refractivity contribution in [2.24, 2.45) is 5.92 Å². The topological polar surface area (TPSA) is 148 Å². The number of methoxy groups -OCH3 is 1. The standard InChI is InChI=1S/C28H32N8O4/c1-28(2,3)40-27(38)36-22-10-7-18(12-22)24(36)25(37)32-20(13-29)11-17-5-8-21(9-6-17)35-16-23(33-34-35)19-14-30-26(39-4)31-15-19/h5-6,8-9,14-16,18,20,22,24H,7,10-12H2,1-4H3,(H,32,37)/t18-,20-,22+,24-/m0/s1. The fourth-order valence-corrected chi connectivity index (χ4v) is 5.39. The summed E-state index contributed by atoms with van der Waals surface area (Å²) in [6, 6.07) is 8.60. The second kappa shape index (κ2) is 10.9. The Balaban J connectivity index is 1.22. The van der Waals surface area contributed by atoms with E-state index in [0.29, 0.717) is 17.7 Å². The van der Waals surface area contributed by atoms with Gasteiger partial charge >= 0.3 is 12.1 Å². The van der Waals surface area contributed by atoms with E-state index in [4.69, 9.17) is 9.47 Å². The molecular formula is C28H32N8O4. The number of ether oxygens (including phenoxy) is 2. The van der Waals surface area contributed by atoms with Crippen LogP contribution < -0.4 is 10.1 Å². The molecule has 3 aromatic rings. The summed E-state index contributed by atoms with van der Waals surface area (Å²) >= 11 is 0. The van der Waals surface area contributed by atoms with Gasteiger partial charge < -0.3 is 14.8 Å². The Kier molecular flexibility index (Phi) is 7.38. The fourth-order valence-electron chi connectivity index (χ4n) is 5.39. The van der Waals surface area contributed by atoms with Gasteiger partial charge in [0.2, 0.25) is 5.91 Å². The number of nitriles is 1. The zero-order valence-corrected chi connectivity index (χ0v) is 22.9. The molecule has 2 fully saturated rings. The molecule has 0 unspecified atom stereocenters. The van der Waals surface area contributed by atoms with Crippen LogP contribution in [0.2, 0.25) is 0 Å². The molecule has 2 bridgehead atoms. The Morgan fingerprint density at radius 1 is 1.18 bits per heavy atom. The number of nitrogens with one attached hydrogen (secondary N) is 1. The number of hydrogen-bond donors (Lipinski definition) is 1. The first kappa shape index (κ1) is 27.1. The lowest BCUT2D eigenvalue weighted by Gasteiger charge is -2.35. The minimum absolute atomic E-state index is 0.00164. The first-order chi connectivity index (χ1) is 19.1. The van der Waals surface area contributed by atoms with Gasteiger partial charge in [-0.3, -0.25) is 9.69 Å². The molecule has 1 aliphatic carbocycles. The van der Waals surface area contributed by atoms with Gasteiger partial charge in [0.05, 0.1) is 25.1 Å². The lowest BCUT2D eigenvalue weighted by atomic mass is 9.97. The number of rotatable bonds is 7. The maximum atomic E-state index is 13.3. The quantitative estimate of drug-likeness (QED) is 0.474. The van der Waals surface area contributed by atoms with Crippen molar-refractivity contribution in [1.82, 2.24) is 35.2 Å². The van der Waals surface area contributed by atoms with Crippen molar-refractivity contribution in [2.45, 2.75) is 70.2 Å². The maximum absolute atomic E-state index is 13.3. The summed E-state index contributed by atoms with van der Waals surface area (Å²) in [6.45, 7) is 5.43. The molecule has 40 heavy (non-hydrogen) atoms. The number of piperidine rings is 1. The molecule has 208 valence electrons. The number of amides is 2. The van der Waals surface area contributed by atoms with E-state index >= 15 is 0 Å². The molecule has 3 heterocycles. The third kappa shape index (κ3) is 5.73. The van der Waals surface area contributed by atoms with E-state index in [1.165, 1.54) is 7.11 Å². The Labute approximate surface area is 232 Å². The molecule has 2 amide bonds. The lowest BCUT2D eigenvalue weighted by molar-refractivity contribution is -0.128. The number of likely N-dealkylation sites (tertiary alicyclic amines) is 1. The summed E-state index contributed by atoms with van der Waals surface area (Å²) in [5.41, 5.74) is 2.32. The number of hydrogen-bond acceptors (Lipinski definition) is 9. The number of carbonyl (C=O) groups excluding carboxylic acids is 2. The van der Waals surface area contributed by atoms with E-state index in [9.17, 15) is 14.9 Å². The van der Waals surface area contributed by atoms with Crippen LogP contribution in [0.25, 0.3) is 16.9 Å². The Morgan fingerprint density at radius 2 is 1.90 bits per heavy atom. The molecule has 0 spiro atoms. The van der Waals surface area contributed by atoms with Gasteiger partial charge in [-0.05, 0) is 63.6 Å². The van der Waals surface area contributed by atoms with Crippen LogP contribution in [0.15, 0.2) is 42.9 Å². The molecular weight excluding hydrogens is 512 g/mol. The molecule has 1 N–H and O–H groups in total. The fraction of sp³-hybridized carbons (Fsp3) is 0.464. The van der Waals surface area contributed by atoms with Gasteiger partial charge in [0.1, 0.15) is 23.4 Å². The number of aromatic nitrogens is 5. The van der Waals surface area contributed by atoms with Crippen LogP contribution in [0, 0.1) is 17.2 Å². The van der Waals surface area contributed by atoms with E-state index in [-0.39, 0.29) is 23.9 Å². The second-order valence-corrected chi connectivity index (χ2v) is 11.1. The van der Waals surface area contributed by atoms with Crippen molar-refractivity contribution in [2.75, 3.05) is 7.11 Å². The molecule has 1 aromatic carbocycles. The predicted molar refractivity (Wildman–Crippen MR) is 143 cm³/mol. The van der Waals surface area contributed by atoms with Crippen molar-refractivity contribution >= 4 is 12.0 Å². The molecule has 1 saturated carbocycles. The molecule has 1 saturated heterocycles. The molecule has 0 radical (unpaired) electrons. The van der Waals surface area contributed by atoms with E-state index in [0.717, 1.165) is 30.5 Å². The average molecular weight is 545 g/mol. The summed E-state index contributed by atoms with van der Waals surface area (Å²) in [5.74, 6) is -0.230. The van der Waals surface area contributed by atoms with E-state index in [1.54, 1.807) is 28.2 Å². The molecule has 12 heteroatoms. The van der Waals surface area contributed by atoms with Gasteiger partial charge in [0.15, 0.2) is 0 Å². The third-order valence-corrected chi connectivity index (χ3v) is 7.17. The van der Waals surface area contributed by atoms with Crippen molar-refractivity contribution < 1.29 is 19.1 Å². The summed E-state index contributed by atoms with van der Waals surface area (Å²) in [5, 5.41) is 21.1. The van der Waals surface area contributed by atoms with Crippen molar-refractivity contribution in [3.8, 4) is 29.0 Å². The van der Waals surface area contributed by atoms with Gasteiger partial charge in [-0.1, -0.05) is 17.3 Å². The number of benzene rings is 1. The monoisotopic (exact) mass is 544 g/mol. The normalized spacial score (nSPS) is 20.6. The predicted octanol–water partition coefficient (Wildman–Crippen LogP) is 3.07. The largest absolute Gasteiger partial charge is 0.467 e. The van der Waals surface area contributed by atoms with E-state index in [2.05, 4.69) is 31.7 Å². The van der Waals surface area contributed by atoms with Crippen molar-refractivity contribution in [3.63, 3.8) is 0 Å². The Hall–Kier alpha value is -4.53. The van der Waals surface area contributed by atoms with Crippen LogP contribution in [-0.2, 0) is 16.0 Å². The second-order valence-electron chi connectivity index (χ2n) is 11.1. The number of nitrogens with zero attached hydrogens (tertiary/aromatic N) is 7. The van der Waals surface area contributed by atoms with Gasteiger partial charge in [0.25, 0.3) is 0 Å². The van der Waals surface area contributed by atoms with Crippen LogP contribution in [0.5, 0.6) is 6.01 Å². The van der Waals surface area contributed by atoms with E-state index in [1.807, 2.05) is 45.0 Å². The molecule has 5 rings (SSSR count). The van der Waals surface area contributed by atoms with Gasteiger partial charge in [-0.15, -0.1) is 5.10 Å². The Morgan fingerprint density at radius 3 is 2.55 bits per heavy atom. The summed E-state index contributed by atoms with van der Waals surface area (Å²) in [4.78, 5) is 36.0. The molecule has 2 aliphatic rings. The minimum Gasteiger partial charge on any atom is -0.467 e. The lowest BCUT2D eigenvalue weighted by Crippen LogP contribution is -2.55. The van der Waals surface area contributed by atoms with Gasteiger partial charge in [-0.25, -0.2) is 19.4 Å². The zero-order chi connectivity index (χ0) is 28.4.